The average Bonchev–Trinajstić information content (AvgIpc) is 2.99. The quantitative estimate of drug-likeness (QED) is 0.552. The van der Waals surface area contributed by atoms with Crippen LogP contribution in [0.5, 0.6) is 0 Å². The molecular formula is C18H14FN3. The second kappa shape index (κ2) is 4.91. The SMILES string of the molecule is CCc1ccc2ncc3ncn(-c4ccccc4F)c3c2c1. The van der Waals surface area contributed by atoms with Crippen LogP contribution in [0.15, 0.2) is 55.0 Å². The average molecular weight is 291 g/mol. The molecule has 0 saturated heterocycles. The van der Waals surface area contributed by atoms with E-state index in [0.29, 0.717) is 5.69 Å². The van der Waals surface area contributed by atoms with Crippen LogP contribution >= 0.6 is 0 Å². The van der Waals surface area contributed by atoms with Gasteiger partial charge in [0.15, 0.2) is 0 Å². The zero-order valence-electron chi connectivity index (χ0n) is 12.1. The molecule has 0 bridgehead atoms. The number of pyridine rings is 1. The summed E-state index contributed by atoms with van der Waals surface area (Å²) < 4.78 is 16.0. The van der Waals surface area contributed by atoms with Gasteiger partial charge in [-0.25, -0.2) is 9.37 Å². The Bertz CT molecular complexity index is 988. The van der Waals surface area contributed by atoms with E-state index in [9.17, 15) is 4.39 Å². The third-order valence-corrected chi connectivity index (χ3v) is 3.96. The van der Waals surface area contributed by atoms with Gasteiger partial charge in [-0.2, -0.15) is 0 Å². The molecule has 0 aliphatic rings. The maximum atomic E-state index is 14.2. The van der Waals surface area contributed by atoms with Crippen LogP contribution in [-0.2, 0) is 6.42 Å². The fraction of sp³-hybridized carbons (Fsp3) is 0.111. The first-order valence-corrected chi connectivity index (χ1v) is 7.27. The second-order valence-electron chi connectivity index (χ2n) is 5.26. The van der Waals surface area contributed by atoms with E-state index in [-0.39, 0.29) is 5.82 Å². The third-order valence-electron chi connectivity index (χ3n) is 3.96. The van der Waals surface area contributed by atoms with Crippen molar-refractivity contribution in [3.8, 4) is 5.69 Å². The lowest BCUT2D eigenvalue weighted by Gasteiger charge is -2.08. The van der Waals surface area contributed by atoms with Gasteiger partial charge in [-0.15, -0.1) is 0 Å². The van der Waals surface area contributed by atoms with Crippen LogP contribution in [0.4, 0.5) is 4.39 Å². The minimum absolute atomic E-state index is 0.265. The molecule has 2 aromatic carbocycles. The minimum Gasteiger partial charge on any atom is -0.295 e. The van der Waals surface area contributed by atoms with Crippen molar-refractivity contribution in [3.05, 3.63) is 66.4 Å². The highest BCUT2D eigenvalue weighted by Crippen LogP contribution is 2.27. The first kappa shape index (κ1) is 13.0. The fourth-order valence-corrected chi connectivity index (χ4v) is 2.79. The molecule has 3 nitrogen and oxygen atoms in total. The molecular weight excluding hydrogens is 277 g/mol. The summed E-state index contributed by atoms with van der Waals surface area (Å²) in [7, 11) is 0. The predicted octanol–water partition coefficient (Wildman–Crippen LogP) is 4.28. The van der Waals surface area contributed by atoms with Gasteiger partial charge in [0.1, 0.15) is 17.7 Å². The van der Waals surface area contributed by atoms with Crippen LogP contribution < -0.4 is 0 Å². The minimum atomic E-state index is -0.265. The Labute approximate surface area is 127 Å². The summed E-state index contributed by atoms with van der Waals surface area (Å²) in [6.07, 6.45) is 4.34. The van der Waals surface area contributed by atoms with Crippen molar-refractivity contribution in [2.45, 2.75) is 13.3 Å². The van der Waals surface area contributed by atoms with Crippen molar-refractivity contribution in [2.75, 3.05) is 0 Å². The molecule has 2 heterocycles. The number of benzene rings is 2. The van der Waals surface area contributed by atoms with Gasteiger partial charge in [0, 0.05) is 5.39 Å². The zero-order valence-corrected chi connectivity index (χ0v) is 12.1. The molecule has 22 heavy (non-hydrogen) atoms. The highest BCUT2D eigenvalue weighted by Gasteiger charge is 2.12. The Morgan fingerprint density at radius 1 is 1.05 bits per heavy atom. The molecule has 0 N–H and O–H groups in total. The van der Waals surface area contributed by atoms with Crippen LogP contribution in [0.25, 0.3) is 27.6 Å². The lowest BCUT2D eigenvalue weighted by Crippen LogP contribution is -1.96. The van der Waals surface area contributed by atoms with Crippen molar-refractivity contribution < 1.29 is 4.39 Å². The van der Waals surface area contributed by atoms with Gasteiger partial charge >= 0.3 is 0 Å². The molecule has 0 unspecified atom stereocenters. The summed E-state index contributed by atoms with van der Waals surface area (Å²) in [4.78, 5) is 8.82. The summed E-state index contributed by atoms with van der Waals surface area (Å²) in [6, 6.07) is 12.9. The van der Waals surface area contributed by atoms with Crippen molar-refractivity contribution >= 4 is 21.9 Å². The summed E-state index contributed by atoms with van der Waals surface area (Å²) in [5.74, 6) is -0.265. The number of aryl methyl sites for hydroxylation is 1. The number of hydrogen-bond acceptors (Lipinski definition) is 2. The Morgan fingerprint density at radius 3 is 2.73 bits per heavy atom. The number of fused-ring (bicyclic) bond motifs is 3. The summed E-state index contributed by atoms with van der Waals surface area (Å²) in [5, 5.41) is 0.998. The van der Waals surface area contributed by atoms with E-state index in [1.165, 1.54) is 11.6 Å². The van der Waals surface area contributed by atoms with E-state index >= 15 is 0 Å². The van der Waals surface area contributed by atoms with Gasteiger partial charge < -0.3 is 0 Å². The smallest absolute Gasteiger partial charge is 0.147 e. The zero-order chi connectivity index (χ0) is 15.1. The maximum absolute atomic E-state index is 14.2. The van der Waals surface area contributed by atoms with Crippen LogP contribution in [-0.4, -0.2) is 14.5 Å². The van der Waals surface area contributed by atoms with E-state index in [4.69, 9.17) is 0 Å². The molecule has 0 radical (unpaired) electrons. The molecule has 0 fully saturated rings. The van der Waals surface area contributed by atoms with E-state index in [1.807, 2.05) is 12.1 Å². The first-order valence-electron chi connectivity index (χ1n) is 7.27. The molecule has 0 amide bonds. The maximum Gasteiger partial charge on any atom is 0.147 e. The van der Waals surface area contributed by atoms with Gasteiger partial charge in [-0.1, -0.05) is 25.1 Å². The Morgan fingerprint density at radius 2 is 1.91 bits per heavy atom. The highest BCUT2D eigenvalue weighted by molar-refractivity contribution is 6.03. The molecule has 4 rings (SSSR count). The molecule has 0 aliphatic heterocycles. The van der Waals surface area contributed by atoms with Crippen LogP contribution in [0.3, 0.4) is 0 Å². The van der Waals surface area contributed by atoms with Crippen molar-refractivity contribution in [1.82, 2.24) is 14.5 Å². The van der Waals surface area contributed by atoms with Crippen LogP contribution in [0.1, 0.15) is 12.5 Å². The number of nitrogens with zero attached hydrogens (tertiary/aromatic N) is 3. The van der Waals surface area contributed by atoms with Crippen molar-refractivity contribution in [2.24, 2.45) is 0 Å². The largest absolute Gasteiger partial charge is 0.295 e. The normalized spacial score (nSPS) is 11.4. The summed E-state index contributed by atoms with van der Waals surface area (Å²) in [5.41, 5.74) is 4.28. The van der Waals surface area contributed by atoms with Crippen LogP contribution in [0, 0.1) is 5.82 Å². The Balaban J connectivity index is 2.12. The molecule has 0 spiro atoms. The number of para-hydroxylation sites is 1. The fourth-order valence-electron chi connectivity index (χ4n) is 2.79. The third kappa shape index (κ3) is 1.88. The van der Waals surface area contributed by atoms with Gasteiger partial charge in [0.05, 0.1) is 22.9 Å². The molecule has 4 aromatic rings. The number of halogens is 1. The molecule has 0 aliphatic carbocycles. The first-order chi connectivity index (χ1) is 10.8. The van der Waals surface area contributed by atoms with E-state index in [0.717, 1.165) is 28.4 Å². The Hall–Kier alpha value is -2.75. The lowest BCUT2D eigenvalue weighted by molar-refractivity contribution is 0.619. The molecule has 0 saturated carbocycles. The second-order valence-corrected chi connectivity index (χ2v) is 5.26. The Kier molecular flexibility index (Phi) is 2.89. The van der Waals surface area contributed by atoms with Gasteiger partial charge in [-0.05, 0) is 36.2 Å². The van der Waals surface area contributed by atoms with Crippen molar-refractivity contribution in [3.63, 3.8) is 0 Å². The van der Waals surface area contributed by atoms with Crippen molar-refractivity contribution in [1.29, 1.82) is 0 Å². The lowest BCUT2D eigenvalue weighted by atomic mass is 10.1. The molecule has 0 atom stereocenters. The molecule has 4 heteroatoms. The highest BCUT2D eigenvalue weighted by atomic mass is 19.1. The summed E-state index contributed by atoms with van der Waals surface area (Å²) in [6.45, 7) is 2.11. The standard InChI is InChI=1S/C18H14FN3/c1-2-12-7-8-15-13(9-12)18-16(10-20-15)21-11-22(18)17-6-4-3-5-14(17)19/h3-11H,2H2,1H3. The van der Waals surface area contributed by atoms with Gasteiger partial charge in [-0.3, -0.25) is 9.55 Å². The predicted molar refractivity (Wildman–Crippen MR) is 85.7 cm³/mol. The molecule has 108 valence electrons. The number of hydrogen-bond donors (Lipinski definition) is 0. The summed E-state index contributed by atoms with van der Waals surface area (Å²) >= 11 is 0. The van der Waals surface area contributed by atoms with Gasteiger partial charge in [0.25, 0.3) is 0 Å². The van der Waals surface area contributed by atoms with E-state index < -0.39 is 0 Å². The van der Waals surface area contributed by atoms with Gasteiger partial charge in [0.2, 0.25) is 0 Å². The molecule has 2 aromatic heterocycles. The van der Waals surface area contributed by atoms with Crippen LogP contribution in [0.2, 0.25) is 0 Å². The number of imidazole rings is 1. The van der Waals surface area contributed by atoms with E-state index in [2.05, 4.69) is 29.0 Å². The topological polar surface area (TPSA) is 30.7 Å². The van der Waals surface area contributed by atoms with E-state index in [1.54, 1.807) is 29.2 Å². The number of rotatable bonds is 2. The number of aromatic nitrogens is 3. The monoisotopic (exact) mass is 291 g/mol.